The molecule has 1 fully saturated rings. The molecule has 3 aromatic rings. The number of ether oxygens (including phenoxy) is 2. The highest BCUT2D eigenvalue weighted by Crippen LogP contribution is 2.34. The minimum absolute atomic E-state index is 0.0400. The second-order valence-electron chi connectivity index (χ2n) is 8.31. The number of amides is 3. The van der Waals surface area contributed by atoms with E-state index < -0.39 is 18.3 Å². The molecule has 0 bridgehead atoms. The number of benzene rings is 2. The molecule has 186 valence electrons. The van der Waals surface area contributed by atoms with E-state index in [1.807, 2.05) is 0 Å². The van der Waals surface area contributed by atoms with E-state index in [1.54, 1.807) is 30.3 Å². The average Bonchev–Trinajstić information content (AvgIpc) is 3.43. The van der Waals surface area contributed by atoms with Crippen LogP contribution in [0.3, 0.4) is 0 Å². The van der Waals surface area contributed by atoms with Crippen LogP contribution in [-0.4, -0.2) is 35.0 Å². The molecule has 36 heavy (non-hydrogen) atoms. The second-order valence-corrected chi connectivity index (χ2v) is 8.31. The standard InChI is InChI=1S/C25H19F3N2O6/c26-25(27,28)36-15-6-4-14(5-7-15)20-10-8-16(35-20)13-34-21-3-1-2-17-18(21)12-30(24(17)33)19-9-11-22(31)29-23(19)32/h1-8,10,19H,9,11-13H2,(H,29,31,32). The van der Waals surface area contributed by atoms with Gasteiger partial charge in [0.1, 0.15) is 35.7 Å². The fourth-order valence-corrected chi connectivity index (χ4v) is 4.27. The summed E-state index contributed by atoms with van der Waals surface area (Å²) in [7, 11) is 0. The van der Waals surface area contributed by atoms with Crippen molar-refractivity contribution in [3.63, 3.8) is 0 Å². The predicted octanol–water partition coefficient (Wildman–Crippen LogP) is 4.19. The molecule has 2 aromatic carbocycles. The number of halogens is 3. The molecule has 8 nitrogen and oxygen atoms in total. The van der Waals surface area contributed by atoms with Gasteiger partial charge in [0.05, 0.1) is 6.54 Å². The third kappa shape index (κ3) is 4.77. The molecule has 1 saturated heterocycles. The molecule has 1 atom stereocenters. The number of rotatable bonds is 6. The summed E-state index contributed by atoms with van der Waals surface area (Å²) in [6.07, 6.45) is -4.34. The van der Waals surface area contributed by atoms with Crippen molar-refractivity contribution in [2.24, 2.45) is 0 Å². The van der Waals surface area contributed by atoms with E-state index in [-0.39, 0.29) is 43.6 Å². The molecule has 0 aliphatic carbocycles. The SMILES string of the molecule is O=C1CCC(N2Cc3c(OCc4ccc(-c5ccc(OC(F)(F)F)cc5)o4)cccc3C2=O)C(=O)N1. The molecule has 1 unspecified atom stereocenters. The minimum atomic E-state index is -4.77. The molecule has 3 heterocycles. The predicted molar refractivity (Wildman–Crippen MR) is 118 cm³/mol. The van der Waals surface area contributed by atoms with Gasteiger partial charge in [0, 0.05) is 23.1 Å². The summed E-state index contributed by atoms with van der Waals surface area (Å²) in [5.41, 5.74) is 1.62. The summed E-state index contributed by atoms with van der Waals surface area (Å²) in [6.45, 7) is 0.213. The fourth-order valence-electron chi connectivity index (χ4n) is 4.27. The van der Waals surface area contributed by atoms with Crippen LogP contribution in [0.5, 0.6) is 11.5 Å². The fraction of sp³-hybridized carbons (Fsp3) is 0.240. The first-order chi connectivity index (χ1) is 17.2. The molecular formula is C25H19F3N2O6. The van der Waals surface area contributed by atoms with Gasteiger partial charge >= 0.3 is 6.36 Å². The third-order valence-corrected chi connectivity index (χ3v) is 5.94. The maximum atomic E-state index is 12.9. The number of imide groups is 1. The number of piperidine rings is 1. The second kappa shape index (κ2) is 9.06. The lowest BCUT2D eigenvalue weighted by atomic mass is 10.0. The van der Waals surface area contributed by atoms with Crippen LogP contribution in [-0.2, 0) is 22.7 Å². The van der Waals surface area contributed by atoms with E-state index in [1.165, 1.54) is 29.2 Å². The summed E-state index contributed by atoms with van der Waals surface area (Å²) in [4.78, 5) is 38.1. The molecule has 2 aliphatic rings. The number of hydrogen-bond donors (Lipinski definition) is 1. The molecule has 1 aromatic heterocycles. The first-order valence-corrected chi connectivity index (χ1v) is 11.0. The highest BCUT2D eigenvalue weighted by atomic mass is 19.4. The van der Waals surface area contributed by atoms with Crippen LogP contribution in [0.15, 0.2) is 59.0 Å². The molecule has 0 saturated carbocycles. The van der Waals surface area contributed by atoms with E-state index in [0.29, 0.717) is 34.0 Å². The van der Waals surface area contributed by atoms with Gasteiger partial charge in [-0.25, -0.2) is 0 Å². The Morgan fingerprint density at radius 1 is 1.03 bits per heavy atom. The number of hydrogen-bond acceptors (Lipinski definition) is 6. The van der Waals surface area contributed by atoms with E-state index in [0.717, 1.165) is 0 Å². The Labute approximate surface area is 202 Å². The van der Waals surface area contributed by atoms with E-state index in [2.05, 4.69) is 10.1 Å². The van der Waals surface area contributed by atoms with Crippen LogP contribution in [0.25, 0.3) is 11.3 Å². The Morgan fingerprint density at radius 2 is 1.81 bits per heavy atom. The summed E-state index contributed by atoms with van der Waals surface area (Å²) in [5.74, 6) is -0.122. The molecule has 2 aliphatic heterocycles. The van der Waals surface area contributed by atoms with Gasteiger partial charge in [0.25, 0.3) is 5.91 Å². The van der Waals surface area contributed by atoms with Gasteiger partial charge in [-0.3, -0.25) is 19.7 Å². The van der Waals surface area contributed by atoms with Gasteiger partial charge in [0.15, 0.2) is 0 Å². The van der Waals surface area contributed by atoms with E-state index in [9.17, 15) is 27.6 Å². The van der Waals surface area contributed by atoms with Gasteiger partial charge in [-0.15, -0.1) is 13.2 Å². The normalized spacial score (nSPS) is 17.7. The van der Waals surface area contributed by atoms with Crippen LogP contribution in [0.4, 0.5) is 13.2 Å². The summed E-state index contributed by atoms with van der Waals surface area (Å²) in [6, 6.07) is 13.0. The van der Waals surface area contributed by atoms with Crippen molar-refractivity contribution >= 4 is 17.7 Å². The average molecular weight is 500 g/mol. The van der Waals surface area contributed by atoms with Crippen LogP contribution in [0.1, 0.15) is 34.5 Å². The van der Waals surface area contributed by atoms with E-state index in [4.69, 9.17) is 9.15 Å². The monoisotopic (exact) mass is 500 g/mol. The van der Waals surface area contributed by atoms with Crippen molar-refractivity contribution in [2.75, 3.05) is 0 Å². The lowest BCUT2D eigenvalue weighted by molar-refractivity contribution is -0.274. The number of carbonyl (C=O) groups excluding carboxylic acids is 3. The maximum Gasteiger partial charge on any atom is 0.573 e. The maximum absolute atomic E-state index is 12.9. The number of carbonyl (C=O) groups is 3. The third-order valence-electron chi connectivity index (χ3n) is 5.94. The molecule has 0 radical (unpaired) electrons. The number of fused-ring (bicyclic) bond motifs is 1. The molecule has 11 heteroatoms. The van der Waals surface area contributed by atoms with Crippen molar-refractivity contribution in [2.45, 2.75) is 38.4 Å². The molecule has 5 rings (SSSR count). The molecular weight excluding hydrogens is 481 g/mol. The molecule has 0 spiro atoms. The van der Waals surface area contributed by atoms with Crippen LogP contribution in [0.2, 0.25) is 0 Å². The van der Waals surface area contributed by atoms with Gasteiger partial charge in [-0.1, -0.05) is 6.07 Å². The quantitative estimate of drug-likeness (QED) is 0.510. The summed E-state index contributed by atoms with van der Waals surface area (Å²) < 4.78 is 52.6. The first-order valence-electron chi connectivity index (χ1n) is 11.0. The Hall–Kier alpha value is -4.28. The number of furan rings is 1. The Bertz CT molecular complexity index is 1330. The summed E-state index contributed by atoms with van der Waals surface area (Å²) in [5, 5.41) is 2.27. The molecule has 3 amide bonds. The lowest BCUT2D eigenvalue weighted by Crippen LogP contribution is -2.52. The van der Waals surface area contributed by atoms with Gasteiger partial charge in [-0.2, -0.15) is 0 Å². The van der Waals surface area contributed by atoms with Gasteiger partial charge < -0.3 is 18.8 Å². The van der Waals surface area contributed by atoms with Crippen LogP contribution >= 0.6 is 0 Å². The largest absolute Gasteiger partial charge is 0.573 e. The van der Waals surface area contributed by atoms with Crippen molar-refractivity contribution < 1.29 is 41.4 Å². The first kappa shape index (κ1) is 23.5. The van der Waals surface area contributed by atoms with Crippen molar-refractivity contribution in [1.29, 1.82) is 0 Å². The Morgan fingerprint density at radius 3 is 2.53 bits per heavy atom. The Kier molecular flexibility index (Phi) is 5.91. The van der Waals surface area contributed by atoms with Crippen molar-refractivity contribution in [3.05, 3.63) is 71.5 Å². The van der Waals surface area contributed by atoms with Crippen LogP contribution in [0, 0.1) is 0 Å². The topological polar surface area (TPSA) is 98.1 Å². The van der Waals surface area contributed by atoms with Crippen molar-refractivity contribution in [3.8, 4) is 22.8 Å². The number of nitrogens with zero attached hydrogens (tertiary/aromatic N) is 1. The number of alkyl halides is 3. The zero-order valence-corrected chi connectivity index (χ0v) is 18.6. The smallest absolute Gasteiger partial charge is 0.485 e. The van der Waals surface area contributed by atoms with Gasteiger partial charge in [0.2, 0.25) is 11.8 Å². The lowest BCUT2D eigenvalue weighted by Gasteiger charge is -2.29. The van der Waals surface area contributed by atoms with Gasteiger partial charge in [-0.05, 0) is 55.0 Å². The summed E-state index contributed by atoms with van der Waals surface area (Å²) >= 11 is 0. The Balaban J connectivity index is 1.26. The minimum Gasteiger partial charge on any atom is -0.485 e. The highest BCUT2D eigenvalue weighted by Gasteiger charge is 2.40. The van der Waals surface area contributed by atoms with Crippen LogP contribution < -0.4 is 14.8 Å². The highest BCUT2D eigenvalue weighted by molar-refractivity contribution is 6.05. The van der Waals surface area contributed by atoms with Crippen molar-refractivity contribution in [1.82, 2.24) is 10.2 Å². The zero-order valence-electron chi connectivity index (χ0n) is 18.6. The molecule has 1 N–H and O–H groups in total. The van der Waals surface area contributed by atoms with E-state index >= 15 is 0 Å². The number of nitrogens with one attached hydrogen (secondary N) is 1. The zero-order chi connectivity index (χ0) is 25.4.